The third kappa shape index (κ3) is 3.90. The maximum atomic E-state index is 12.6. The summed E-state index contributed by atoms with van der Waals surface area (Å²) in [7, 11) is 0. The number of carbonyl (C=O) groups is 1. The molecule has 0 saturated carbocycles. The van der Waals surface area contributed by atoms with Crippen molar-refractivity contribution >= 4 is 25.4 Å². The Morgan fingerprint density at radius 3 is 2.67 bits per heavy atom. The first-order chi connectivity index (χ1) is 9.96. The Morgan fingerprint density at radius 2 is 2.05 bits per heavy atom. The zero-order valence-corrected chi connectivity index (χ0v) is 15.2. The van der Waals surface area contributed by atoms with Gasteiger partial charge in [0.1, 0.15) is 0 Å². The second-order valence-corrected chi connectivity index (χ2v) is 9.77. The van der Waals surface area contributed by atoms with Gasteiger partial charge in [0.2, 0.25) is 0 Å². The molecule has 1 heterocycles. The molecule has 0 N–H and O–H groups in total. The molecule has 2 rings (SSSR count). The van der Waals surface area contributed by atoms with E-state index in [9.17, 15) is 4.79 Å². The van der Waals surface area contributed by atoms with Crippen LogP contribution in [0.5, 0.6) is 0 Å². The number of benzene rings is 1. The van der Waals surface area contributed by atoms with Crippen molar-refractivity contribution in [3.8, 4) is 0 Å². The van der Waals surface area contributed by atoms with Crippen molar-refractivity contribution in [3.63, 3.8) is 0 Å². The van der Waals surface area contributed by atoms with Gasteiger partial charge in [-0.1, -0.05) is 0 Å². The van der Waals surface area contributed by atoms with Crippen molar-refractivity contribution in [1.29, 1.82) is 0 Å². The summed E-state index contributed by atoms with van der Waals surface area (Å²) >= 11 is 0.124. The molecule has 1 saturated heterocycles. The minimum atomic E-state index is -0.323. The van der Waals surface area contributed by atoms with Gasteiger partial charge < -0.3 is 0 Å². The topological polar surface area (TPSA) is 26.3 Å². The molecule has 0 spiro atoms. The molecule has 2 nitrogen and oxygen atoms in total. The zero-order chi connectivity index (χ0) is 15.5. The summed E-state index contributed by atoms with van der Waals surface area (Å²) in [6, 6.07) is 10.4. The number of ether oxygens (including phenoxy) is 1. The molecule has 21 heavy (non-hydrogen) atoms. The van der Waals surface area contributed by atoms with Gasteiger partial charge in [-0.25, -0.2) is 0 Å². The summed E-state index contributed by atoms with van der Waals surface area (Å²) in [6.07, 6.45) is 3.31. The number of hydrogen-bond acceptors (Lipinski definition) is 2. The molecule has 1 aromatic rings. The molecular formula is C18H26O2Se. The molecule has 0 bridgehead atoms. The van der Waals surface area contributed by atoms with E-state index in [0.29, 0.717) is 11.8 Å². The van der Waals surface area contributed by atoms with Crippen molar-refractivity contribution in [2.45, 2.75) is 57.4 Å². The van der Waals surface area contributed by atoms with Gasteiger partial charge in [0.05, 0.1) is 0 Å². The third-order valence-corrected chi connectivity index (χ3v) is 7.05. The van der Waals surface area contributed by atoms with Crippen LogP contribution in [-0.2, 0) is 9.53 Å². The van der Waals surface area contributed by atoms with E-state index < -0.39 is 0 Å². The normalized spacial score (nSPS) is 30.8. The molecule has 1 aliphatic rings. The van der Waals surface area contributed by atoms with Crippen molar-refractivity contribution in [2.24, 2.45) is 11.8 Å². The second kappa shape index (κ2) is 6.98. The standard InChI is InChI=1S/C18H26O2Se/c1-5-9-13(2)16-14(3)12-18(4,17(19)20-16)21-15-10-7-6-8-11-15/h6-8,10-11,13-14,16H,5,9,12H2,1-4H3/t13-,14-,16+,18?/m1/s1. The molecule has 1 fully saturated rings. The Balaban J connectivity index is 2.09. The molecule has 0 amide bonds. The summed E-state index contributed by atoms with van der Waals surface area (Å²) < 4.78 is 6.83. The van der Waals surface area contributed by atoms with E-state index in [0.717, 1.165) is 19.3 Å². The van der Waals surface area contributed by atoms with Crippen LogP contribution >= 0.6 is 0 Å². The van der Waals surface area contributed by atoms with Gasteiger partial charge in [0, 0.05) is 0 Å². The van der Waals surface area contributed by atoms with Crippen LogP contribution in [0.25, 0.3) is 0 Å². The van der Waals surface area contributed by atoms with Gasteiger partial charge in [-0.05, 0) is 0 Å². The van der Waals surface area contributed by atoms with Crippen LogP contribution in [0.2, 0.25) is 4.31 Å². The summed E-state index contributed by atoms with van der Waals surface area (Å²) in [6.45, 7) is 8.72. The molecule has 3 heteroatoms. The van der Waals surface area contributed by atoms with Crippen molar-refractivity contribution in [1.82, 2.24) is 0 Å². The van der Waals surface area contributed by atoms with Crippen LogP contribution in [0.1, 0.15) is 47.0 Å². The van der Waals surface area contributed by atoms with Crippen molar-refractivity contribution < 1.29 is 9.53 Å². The van der Waals surface area contributed by atoms with E-state index in [1.807, 2.05) is 18.2 Å². The number of hydrogen-bond donors (Lipinski definition) is 0. The zero-order valence-electron chi connectivity index (χ0n) is 13.5. The van der Waals surface area contributed by atoms with E-state index in [1.54, 1.807) is 0 Å². The monoisotopic (exact) mass is 354 g/mol. The predicted octanol–water partition coefficient (Wildman–Crippen LogP) is 3.58. The van der Waals surface area contributed by atoms with Crippen molar-refractivity contribution in [3.05, 3.63) is 30.3 Å². The molecule has 0 aliphatic carbocycles. The number of cyclic esters (lactones) is 1. The molecule has 116 valence electrons. The van der Waals surface area contributed by atoms with E-state index >= 15 is 0 Å². The number of esters is 1. The number of rotatable bonds is 5. The van der Waals surface area contributed by atoms with Crippen LogP contribution in [-0.4, -0.2) is 27.0 Å². The van der Waals surface area contributed by atoms with Crippen LogP contribution < -0.4 is 4.46 Å². The first kappa shape index (κ1) is 16.6. The minimum absolute atomic E-state index is 0.0115. The van der Waals surface area contributed by atoms with Crippen LogP contribution in [0.4, 0.5) is 0 Å². The van der Waals surface area contributed by atoms with Gasteiger partial charge in [-0.3, -0.25) is 0 Å². The fourth-order valence-corrected chi connectivity index (χ4v) is 6.02. The summed E-state index contributed by atoms with van der Waals surface area (Å²) in [5.74, 6) is 0.917. The van der Waals surface area contributed by atoms with Gasteiger partial charge in [0.25, 0.3) is 0 Å². The summed E-state index contributed by atoms with van der Waals surface area (Å²) in [5, 5.41) is 0. The molecule has 1 unspecified atom stereocenters. The van der Waals surface area contributed by atoms with Crippen LogP contribution in [0.3, 0.4) is 0 Å². The maximum absolute atomic E-state index is 12.6. The molecular weight excluding hydrogens is 327 g/mol. The van der Waals surface area contributed by atoms with Gasteiger partial charge >= 0.3 is 134 Å². The average Bonchev–Trinajstić information content (AvgIpc) is 2.44. The quantitative estimate of drug-likeness (QED) is 0.597. The van der Waals surface area contributed by atoms with Crippen molar-refractivity contribution in [2.75, 3.05) is 0 Å². The molecule has 0 radical (unpaired) electrons. The Morgan fingerprint density at radius 1 is 1.38 bits per heavy atom. The Labute approximate surface area is 134 Å². The Kier molecular flexibility index (Phi) is 5.51. The first-order valence-corrected chi connectivity index (χ1v) is 9.62. The van der Waals surface area contributed by atoms with Gasteiger partial charge in [-0.2, -0.15) is 0 Å². The third-order valence-electron chi connectivity index (χ3n) is 4.34. The van der Waals surface area contributed by atoms with E-state index in [-0.39, 0.29) is 31.3 Å². The van der Waals surface area contributed by atoms with Gasteiger partial charge in [-0.15, -0.1) is 0 Å². The van der Waals surface area contributed by atoms with E-state index in [1.165, 1.54) is 4.46 Å². The van der Waals surface area contributed by atoms with E-state index in [2.05, 4.69) is 39.8 Å². The Hall–Kier alpha value is -0.791. The molecule has 4 atom stereocenters. The summed E-state index contributed by atoms with van der Waals surface area (Å²) in [4.78, 5) is 12.6. The molecule has 1 aromatic carbocycles. The predicted molar refractivity (Wildman–Crippen MR) is 87.9 cm³/mol. The van der Waals surface area contributed by atoms with Crippen LogP contribution in [0.15, 0.2) is 30.3 Å². The fraction of sp³-hybridized carbons (Fsp3) is 0.611. The van der Waals surface area contributed by atoms with E-state index in [4.69, 9.17) is 4.74 Å². The first-order valence-electron chi connectivity index (χ1n) is 7.91. The fourth-order valence-electron chi connectivity index (χ4n) is 3.31. The Bertz CT molecular complexity index is 473. The van der Waals surface area contributed by atoms with Crippen LogP contribution in [0, 0.1) is 11.8 Å². The SMILES string of the molecule is CCC[C@@H](C)[C@@H]1OC(=O)C(C)([Se]c2ccccc2)C[C@H]1C. The second-order valence-electron chi connectivity index (χ2n) is 6.46. The van der Waals surface area contributed by atoms with Gasteiger partial charge in [0.15, 0.2) is 0 Å². The molecule has 1 aliphatic heterocycles. The summed E-state index contributed by atoms with van der Waals surface area (Å²) in [5.41, 5.74) is 0. The average molecular weight is 353 g/mol. The molecule has 0 aromatic heterocycles. The number of carbonyl (C=O) groups excluding carboxylic acids is 1.